The molecule has 0 atom stereocenters. The summed E-state index contributed by atoms with van der Waals surface area (Å²) in [7, 11) is 3.79. The molecule has 0 bridgehead atoms. The molecule has 0 N–H and O–H groups in total. The van der Waals surface area contributed by atoms with E-state index in [-0.39, 0.29) is 11.3 Å². The molecule has 3 nitrogen and oxygen atoms in total. The van der Waals surface area contributed by atoms with E-state index in [4.69, 9.17) is 0 Å². The first-order valence-electron chi connectivity index (χ1n) is 5.50. The van der Waals surface area contributed by atoms with E-state index in [1.807, 2.05) is 25.1 Å². The number of benzene rings is 1. The van der Waals surface area contributed by atoms with Gasteiger partial charge in [0.05, 0.1) is 6.20 Å². The maximum absolute atomic E-state index is 13.0. The third-order valence-corrected chi connectivity index (χ3v) is 2.59. The van der Waals surface area contributed by atoms with Crippen molar-refractivity contribution in [2.24, 2.45) is 0 Å². The smallest absolute Gasteiger partial charge is 0.194 e. The van der Waals surface area contributed by atoms with Crippen LogP contribution in [0.2, 0.25) is 0 Å². The second-order valence-corrected chi connectivity index (χ2v) is 4.17. The second-order valence-electron chi connectivity index (χ2n) is 4.17. The molecule has 92 valence electrons. The van der Waals surface area contributed by atoms with E-state index in [9.17, 15) is 9.18 Å². The fourth-order valence-electron chi connectivity index (χ4n) is 1.63. The van der Waals surface area contributed by atoms with Gasteiger partial charge in [-0.2, -0.15) is 0 Å². The number of ketones is 1. The van der Waals surface area contributed by atoms with Crippen molar-refractivity contribution in [2.75, 3.05) is 19.0 Å². The Morgan fingerprint density at radius 2 is 1.94 bits per heavy atom. The van der Waals surface area contributed by atoms with Gasteiger partial charge in [0.25, 0.3) is 0 Å². The molecule has 0 aliphatic heterocycles. The average molecular weight is 244 g/mol. The maximum Gasteiger partial charge on any atom is 0.194 e. The van der Waals surface area contributed by atoms with Gasteiger partial charge in [-0.3, -0.25) is 9.78 Å². The van der Waals surface area contributed by atoms with Crippen LogP contribution >= 0.6 is 0 Å². The van der Waals surface area contributed by atoms with Crippen molar-refractivity contribution in [1.82, 2.24) is 4.98 Å². The van der Waals surface area contributed by atoms with Gasteiger partial charge in [0.1, 0.15) is 5.82 Å². The molecule has 0 spiro atoms. The highest BCUT2D eigenvalue weighted by Crippen LogP contribution is 2.16. The van der Waals surface area contributed by atoms with E-state index in [0.29, 0.717) is 5.56 Å². The van der Waals surface area contributed by atoms with Crippen molar-refractivity contribution >= 4 is 11.5 Å². The number of hydrogen-bond acceptors (Lipinski definition) is 3. The van der Waals surface area contributed by atoms with Crippen molar-refractivity contribution < 1.29 is 9.18 Å². The molecule has 0 unspecified atom stereocenters. The van der Waals surface area contributed by atoms with Crippen LogP contribution in [-0.4, -0.2) is 24.9 Å². The topological polar surface area (TPSA) is 33.2 Å². The number of rotatable bonds is 3. The molecule has 0 radical (unpaired) electrons. The third-order valence-electron chi connectivity index (χ3n) is 2.59. The van der Waals surface area contributed by atoms with Gasteiger partial charge < -0.3 is 4.90 Å². The van der Waals surface area contributed by atoms with Crippen molar-refractivity contribution in [1.29, 1.82) is 0 Å². The highest BCUT2D eigenvalue weighted by molar-refractivity contribution is 6.09. The Kier molecular flexibility index (Phi) is 3.37. The van der Waals surface area contributed by atoms with Crippen molar-refractivity contribution in [3.63, 3.8) is 0 Å². The van der Waals surface area contributed by atoms with Crippen LogP contribution in [0.4, 0.5) is 10.1 Å². The monoisotopic (exact) mass is 244 g/mol. The zero-order valence-electron chi connectivity index (χ0n) is 10.2. The molecular formula is C14H13FN2O. The lowest BCUT2D eigenvalue weighted by molar-refractivity contribution is 0.103. The number of carbonyl (C=O) groups is 1. The molecule has 0 aliphatic rings. The van der Waals surface area contributed by atoms with Gasteiger partial charge in [0.2, 0.25) is 0 Å². The van der Waals surface area contributed by atoms with Crippen LogP contribution in [0, 0.1) is 5.82 Å². The summed E-state index contributed by atoms with van der Waals surface area (Å²) in [5, 5.41) is 0. The first-order valence-corrected chi connectivity index (χ1v) is 5.50. The minimum atomic E-state index is -0.510. The highest BCUT2D eigenvalue weighted by Gasteiger charge is 2.11. The molecule has 2 rings (SSSR count). The molecule has 0 aliphatic carbocycles. The lowest BCUT2D eigenvalue weighted by Gasteiger charge is -2.13. The number of anilines is 1. The van der Waals surface area contributed by atoms with Gasteiger partial charge in [-0.15, -0.1) is 0 Å². The normalized spacial score (nSPS) is 10.2. The lowest BCUT2D eigenvalue weighted by Crippen LogP contribution is -2.10. The minimum Gasteiger partial charge on any atom is -0.378 e. The predicted octanol–water partition coefficient (Wildman–Crippen LogP) is 2.52. The average Bonchev–Trinajstić information content (AvgIpc) is 2.38. The van der Waals surface area contributed by atoms with Crippen LogP contribution in [0.5, 0.6) is 0 Å². The fraction of sp³-hybridized carbons (Fsp3) is 0.143. The summed E-state index contributed by atoms with van der Waals surface area (Å²) < 4.78 is 13.0. The van der Waals surface area contributed by atoms with Gasteiger partial charge in [-0.25, -0.2) is 4.39 Å². The van der Waals surface area contributed by atoms with Crippen LogP contribution in [0.3, 0.4) is 0 Å². The molecule has 0 saturated heterocycles. The van der Waals surface area contributed by atoms with Crippen LogP contribution in [0.1, 0.15) is 15.9 Å². The van der Waals surface area contributed by atoms with Gasteiger partial charge in [-0.1, -0.05) is 12.1 Å². The molecule has 1 aromatic heterocycles. The number of nitrogens with zero attached hydrogens (tertiary/aromatic N) is 2. The first-order chi connectivity index (χ1) is 8.58. The summed E-state index contributed by atoms with van der Waals surface area (Å²) in [6.45, 7) is 0. The summed E-state index contributed by atoms with van der Waals surface area (Å²) >= 11 is 0. The number of pyridine rings is 1. The SMILES string of the molecule is CN(C)c1cccc(C(=O)c2cncc(F)c2)c1. The Morgan fingerprint density at radius 3 is 2.61 bits per heavy atom. The van der Waals surface area contributed by atoms with Crippen LogP contribution in [-0.2, 0) is 0 Å². The van der Waals surface area contributed by atoms with Gasteiger partial charge in [-0.05, 0) is 18.2 Å². The molecular weight excluding hydrogens is 231 g/mol. The van der Waals surface area contributed by atoms with Crippen molar-refractivity contribution in [3.8, 4) is 0 Å². The van der Waals surface area contributed by atoms with E-state index in [2.05, 4.69) is 4.98 Å². The largest absolute Gasteiger partial charge is 0.378 e. The van der Waals surface area contributed by atoms with Gasteiger partial charge in [0, 0.05) is 37.1 Å². The zero-order chi connectivity index (χ0) is 13.1. The summed E-state index contributed by atoms with van der Waals surface area (Å²) in [6.07, 6.45) is 2.45. The predicted molar refractivity (Wildman–Crippen MR) is 68.4 cm³/mol. The first kappa shape index (κ1) is 12.2. The third kappa shape index (κ3) is 2.53. The molecule has 2 aromatic rings. The Morgan fingerprint density at radius 1 is 1.17 bits per heavy atom. The van der Waals surface area contributed by atoms with Crippen LogP contribution < -0.4 is 4.90 Å². The van der Waals surface area contributed by atoms with Gasteiger partial charge >= 0.3 is 0 Å². The van der Waals surface area contributed by atoms with Crippen LogP contribution in [0.25, 0.3) is 0 Å². The van der Waals surface area contributed by atoms with E-state index < -0.39 is 5.82 Å². The summed E-state index contributed by atoms with van der Waals surface area (Å²) in [5.41, 5.74) is 1.70. The van der Waals surface area contributed by atoms with Crippen molar-refractivity contribution in [2.45, 2.75) is 0 Å². The molecule has 4 heteroatoms. The molecule has 0 saturated carbocycles. The number of hydrogen-bond donors (Lipinski definition) is 0. The second kappa shape index (κ2) is 4.96. The highest BCUT2D eigenvalue weighted by atomic mass is 19.1. The fourth-order valence-corrected chi connectivity index (χ4v) is 1.63. The Bertz CT molecular complexity index is 582. The lowest BCUT2D eigenvalue weighted by atomic mass is 10.0. The van der Waals surface area contributed by atoms with Crippen LogP contribution in [0.15, 0.2) is 42.7 Å². The molecule has 1 heterocycles. The molecule has 18 heavy (non-hydrogen) atoms. The van der Waals surface area contributed by atoms with E-state index in [1.165, 1.54) is 12.3 Å². The number of halogens is 1. The van der Waals surface area contributed by atoms with Gasteiger partial charge in [0.15, 0.2) is 5.78 Å². The Balaban J connectivity index is 2.37. The standard InChI is InChI=1S/C14H13FN2O/c1-17(2)13-5-3-4-10(7-13)14(18)11-6-12(15)9-16-8-11/h3-9H,1-2H3. The van der Waals surface area contributed by atoms with E-state index >= 15 is 0 Å². The minimum absolute atomic E-state index is 0.231. The van der Waals surface area contributed by atoms with E-state index in [1.54, 1.807) is 18.2 Å². The Hall–Kier alpha value is -2.23. The van der Waals surface area contributed by atoms with Crippen molar-refractivity contribution in [3.05, 3.63) is 59.7 Å². The molecule has 0 amide bonds. The molecule has 1 aromatic carbocycles. The number of carbonyl (C=O) groups excluding carboxylic acids is 1. The number of aromatic nitrogens is 1. The Labute approximate surface area is 105 Å². The summed E-state index contributed by atoms with van der Waals surface area (Å²) in [6, 6.07) is 8.38. The summed E-state index contributed by atoms with van der Waals surface area (Å²) in [4.78, 5) is 17.7. The molecule has 0 fully saturated rings. The quantitative estimate of drug-likeness (QED) is 0.778. The maximum atomic E-state index is 13.0. The zero-order valence-corrected chi connectivity index (χ0v) is 10.2. The van der Waals surface area contributed by atoms with E-state index in [0.717, 1.165) is 11.9 Å². The summed E-state index contributed by atoms with van der Waals surface area (Å²) in [5.74, 6) is -0.740.